The maximum absolute atomic E-state index is 13.0. The standard InChI is InChI=1S/C16H14ClFO/c1-11-2-4-12(5-3-11)8-14(19)9-13-6-7-16(18)15(17)10-13/h2-7,10H,8-9H2,1H3. The molecule has 98 valence electrons. The van der Waals surface area contributed by atoms with Crippen molar-refractivity contribution in [3.05, 3.63) is 70.0 Å². The second-order valence-corrected chi connectivity index (χ2v) is 5.03. The van der Waals surface area contributed by atoms with Gasteiger partial charge in [-0.05, 0) is 30.2 Å². The Balaban J connectivity index is 2.01. The minimum Gasteiger partial charge on any atom is -0.299 e. The van der Waals surface area contributed by atoms with E-state index in [0.29, 0.717) is 6.42 Å². The number of Topliss-reactive ketones (excluding diaryl/α,β-unsaturated/α-hetero) is 1. The number of carbonyl (C=O) groups is 1. The number of hydrogen-bond acceptors (Lipinski definition) is 1. The fourth-order valence-electron chi connectivity index (χ4n) is 1.87. The van der Waals surface area contributed by atoms with Gasteiger partial charge in [-0.25, -0.2) is 4.39 Å². The molecule has 0 radical (unpaired) electrons. The van der Waals surface area contributed by atoms with Crippen LogP contribution in [0.2, 0.25) is 5.02 Å². The first-order chi connectivity index (χ1) is 9.04. The van der Waals surface area contributed by atoms with Gasteiger partial charge in [-0.3, -0.25) is 4.79 Å². The van der Waals surface area contributed by atoms with Crippen molar-refractivity contribution in [2.45, 2.75) is 19.8 Å². The Morgan fingerprint density at radius 2 is 1.63 bits per heavy atom. The monoisotopic (exact) mass is 276 g/mol. The molecule has 0 amide bonds. The molecular formula is C16H14ClFO. The Hall–Kier alpha value is -1.67. The Morgan fingerprint density at radius 3 is 2.26 bits per heavy atom. The highest BCUT2D eigenvalue weighted by atomic mass is 35.5. The first-order valence-electron chi connectivity index (χ1n) is 6.06. The van der Waals surface area contributed by atoms with E-state index in [9.17, 15) is 9.18 Å². The summed E-state index contributed by atoms with van der Waals surface area (Å²) in [6.07, 6.45) is 0.656. The van der Waals surface area contributed by atoms with Crippen molar-refractivity contribution in [3.63, 3.8) is 0 Å². The third kappa shape index (κ3) is 3.90. The average molecular weight is 277 g/mol. The molecule has 2 aromatic rings. The summed E-state index contributed by atoms with van der Waals surface area (Å²) >= 11 is 5.69. The van der Waals surface area contributed by atoms with Gasteiger partial charge in [0.25, 0.3) is 0 Å². The summed E-state index contributed by atoms with van der Waals surface area (Å²) in [5.74, 6) is -0.372. The van der Waals surface area contributed by atoms with Crippen LogP contribution in [0.4, 0.5) is 4.39 Å². The maximum atomic E-state index is 13.0. The second-order valence-electron chi connectivity index (χ2n) is 4.63. The van der Waals surface area contributed by atoms with Crippen LogP contribution in [0.5, 0.6) is 0 Å². The molecule has 0 saturated carbocycles. The van der Waals surface area contributed by atoms with Gasteiger partial charge in [-0.15, -0.1) is 0 Å². The Bertz CT molecular complexity index is 590. The van der Waals surface area contributed by atoms with E-state index in [1.807, 2.05) is 31.2 Å². The topological polar surface area (TPSA) is 17.1 Å². The summed E-state index contributed by atoms with van der Waals surface area (Å²) in [6, 6.07) is 12.2. The molecule has 0 N–H and O–H groups in total. The molecule has 0 spiro atoms. The zero-order valence-corrected chi connectivity index (χ0v) is 11.4. The van der Waals surface area contributed by atoms with E-state index in [0.717, 1.165) is 11.1 Å². The molecule has 0 aliphatic carbocycles. The van der Waals surface area contributed by atoms with Crippen molar-refractivity contribution in [3.8, 4) is 0 Å². The summed E-state index contributed by atoms with van der Waals surface area (Å²) < 4.78 is 13.0. The minimum absolute atomic E-state index is 0.0561. The van der Waals surface area contributed by atoms with E-state index >= 15 is 0 Å². The highest BCUT2D eigenvalue weighted by Crippen LogP contribution is 2.17. The highest BCUT2D eigenvalue weighted by molar-refractivity contribution is 6.30. The quantitative estimate of drug-likeness (QED) is 0.820. The predicted octanol–water partition coefficient (Wildman–Crippen LogP) is 4.14. The van der Waals surface area contributed by atoms with Gasteiger partial charge in [0, 0.05) is 12.8 Å². The lowest BCUT2D eigenvalue weighted by Crippen LogP contribution is -2.06. The Morgan fingerprint density at radius 1 is 1.05 bits per heavy atom. The average Bonchev–Trinajstić information content (AvgIpc) is 2.37. The lowest BCUT2D eigenvalue weighted by atomic mass is 10.0. The minimum atomic E-state index is -0.462. The fraction of sp³-hybridized carbons (Fsp3) is 0.188. The van der Waals surface area contributed by atoms with E-state index in [2.05, 4.69) is 0 Å². The fourth-order valence-corrected chi connectivity index (χ4v) is 2.08. The van der Waals surface area contributed by atoms with Crippen molar-refractivity contribution in [2.24, 2.45) is 0 Å². The summed E-state index contributed by atoms with van der Waals surface area (Å²) in [6.45, 7) is 2.01. The van der Waals surface area contributed by atoms with Crippen LogP contribution in [0.1, 0.15) is 16.7 Å². The normalized spacial score (nSPS) is 10.5. The number of carbonyl (C=O) groups excluding carboxylic acids is 1. The van der Waals surface area contributed by atoms with Gasteiger partial charge in [0.2, 0.25) is 0 Å². The maximum Gasteiger partial charge on any atom is 0.141 e. The molecule has 0 saturated heterocycles. The summed E-state index contributed by atoms with van der Waals surface area (Å²) in [5.41, 5.74) is 2.90. The second kappa shape index (κ2) is 5.98. The Labute approximate surface area is 117 Å². The molecule has 0 atom stereocenters. The van der Waals surface area contributed by atoms with Gasteiger partial charge in [0.15, 0.2) is 0 Å². The molecule has 19 heavy (non-hydrogen) atoms. The SMILES string of the molecule is Cc1ccc(CC(=O)Cc2ccc(F)c(Cl)c2)cc1. The molecule has 0 aliphatic rings. The van der Waals surface area contributed by atoms with Crippen LogP contribution >= 0.6 is 11.6 Å². The van der Waals surface area contributed by atoms with Gasteiger partial charge in [0.05, 0.1) is 5.02 Å². The summed E-state index contributed by atoms with van der Waals surface area (Å²) in [5, 5.41) is 0.0561. The van der Waals surface area contributed by atoms with E-state index in [1.54, 1.807) is 6.07 Å². The van der Waals surface area contributed by atoms with Gasteiger partial charge >= 0.3 is 0 Å². The smallest absolute Gasteiger partial charge is 0.141 e. The molecule has 0 aromatic heterocycles. The largest absolute Gasteiger partial charge is 0.299 e. The van der Waals surface area contributed by atoms with Crippen LogP contribution in [0.25, 0.3) is 0 Å². The molecule has 2 rings (SSSR count). The first kappa shape index (κ1) is 13.8. The lowest BCUT2D eigenvalue weighted by Gasteiger charge is -2.03. The van der Waals surface area contributed by atoms with Crippen LogP contribution in [0, 0.1) is 12.7 Å². The number of ketones is 1. The number of halogens is 2. The number of hydrogen-bond donors (Lipinski definition) is 0. The van der Waals surface area contributed by atoms with Crippen molar-refractivity contribution >= 4 is 17.4 Å². The van der Waals surface area contributed by atoms with Crippen LogP contribution in [-0.2, 0) is 17.6 Å². The molecule has 1 nitrogen and oxygen atoms in total. The van der Waals surface area contributed by atoms with Crippen molar-refractivity contribution in [2.75, 3.05) is 0 Å². The van der Waals surface area contributed by atoms with Gasteiger partial charge in [-0.2, -0.15) is 0 Å². The molecule has 0 unspecified atom stereocenters. The van der Waals surface area contributed by atoms with Crippen LogP contribution in [0.3, 0.4) is 0 Å². The van der Waals surface area contributed by atoms with E-state index < -0.39 is 5.82 Å². The zero-order chi connectivity index (χ0) is 13.8. The van der Waals surface area contributed by atoms with Crippen molar-refractivity contribution < 1.29 is 9.18 Å². The third-order valence-corrected chi connectivity index (χ3v) is 3.20. The molecular weight excluding hydrogens is 263 g/mol. The zero-order valence-electron chi connectivity index (χ0n) is 10.6. The molecule has 0 fully saturated rings. The van der Waals surface area contributed by atoms with Gasteiger partial charge in [0.1, 0.15) is 11.6 Å². The van der Waals surface area contributed by atoms with Crippen LogP contribution in [0.15, 0.2) is 42.5 Å². The number of rotatable bonds is 4. The van der Waals surface area contributed by atoms with E-state index in [-0.39, 0.29) is 17.2 Å². The molecule has 3 heteroatoms. The molecule has 0 heterocycles. The summed E-state index contributed by atoms with van der Waals surface area (Å²) in [4.78, 5) is 11.9. The molecule has 2 aromatic carbocycles. The van der Waals surface area contributed by atoms with E-state index in [1.165, 1.54) is 17.7 Å². The summed E-state index contributed by atoms with van der Waals surface area (Å²) in [7, 11) is 0. The van der Waals surface area contributed by atoms with Gasteiger partial charge in [-0.1, -0.05) is 47.5 Å². The lowest BCUT2D eigenvalue weighted by molar-refractivity contribution is -0.117. The first-order valence-corrected chi connectivity index (χ1v) is 6.43. The number of benzene rings is 2. The third-order valence-electron chi connectivity index (χ3n) is 2.91. The van der Waals surface area contributed by atoms with Gasteiger partial charge < -0.3 is 0 Å². The highest BCUT2D eigenvalue weighted by Gasteiger charge is 2.07. The Kier molecular flexibility index (Phi) is 4.33. The molecule has 0 bridgehead atoms. The van der Waals surface area contributed by atoms with Crippen molar-refractivity contribution in [1.82, 2.24) is 0 Å². The van der Waals surface area contributed by atoms with Crippen LogP contribution < -0.4 is 0 Å². The van der Waals surface area contributed by atoms with Crippen LogP contribution in [-0.4, -0.2) is 5.78 Å². The molecule has 0 aliphatic heterocycles. The predicted molar refractivity (Wildman–Crippen MR) is 75.0 cm³/mol. The number of aryl methyl sites for hydroxylation is 1. The van der Waals surface area contributed by atoms with Crippen molar-refractivity contribution in [1.29, 1.82) is 0 Å². The van der Waals surface area contributed by atoms with E-state index in [4.69, 9.17) is 11.6 Å².